The summed E-state index contributed by atoms with van der Waals surface area (Å²) in [7, 11) is 0. The average molecular weight is 729 g/mol. The van der Waals surface area contributed by atoms with Crippen LogP contribution >= 0.6 is 0 Å². The van der Waals surface area contributed by atoms with Crippen molar-refractivity contribution in [3.05, 3.63) is 24.3 Å². The summed E-state index contributed by atoms with van der Waals surface area (Å²) in [4.78, 5) is 41.8. The van der Waals surface area contributed by atoms with Gasteiger partial charge in [-0.3, -0.25) is 19.2 Å². The normalized spacial score (nSPS) is 17.7. The molecule has 1 atom stereocenters. The molecule has 5 heterocycles. The van der Waals surface area contributed by atoms with Crippen LogP contribution in [0.2, 0.25) is 0 Å². The quantitative estimate of drug-likeness (QED) is 0.177. The zero-order chi connectivity index (χ0) is 36.7. The molecule has 0 unspecified atom stereocenters. The molecule has 2 fully saturated rings. The fraction of sp³-hybridized carbons (Fsp3) is 0.607. The molecule has 0 spiro atoms. The molecule has 276 valence electrons. The summed E-state index contributed by atoms with van der Waals surface area (Å²) in [5.41, 5.74) is 2.06. The van der Waals surface area contributed by atoms with Crippen LogP contribution in [0, 0.1) is 0 Å². The van der Waals surface area contributed by atoms with E-state index < -0.39 is 36.7 Å². The zero-order valence-electron chi connectivity index (χ0n) is 26.5. The molecule has 22 heteroatoms. The molecule has 2 N–H and O–H groups in total. The van der Waals surface area contributed by atoms with Gasteiger partial charge >= 0.3 is 30.1 Å². The number of halogens is 9. The minimum atomic E-state index is -5.77. The molecule has 0 bridgehead atoms. The Bertz CT molecular complexity index is 1570. The molecule has 13 nitrogen and oxygen atoms in total. The number of Topliss-reactive ketones (excluding diaryl/α,β-unsaturated/α-hetero) is 2. The summed E-state index contributed by atoms with van der Waals surface area (Å²) in [5.74, 6) is -5.21. The molecule has 0 aromatic carbocycles. The minimum absolute atomic E-state index is 0.123. The standard InChI is InChI=1S/C24H33F3N10O.C4F6O2/c1-17-13-36(10-7-29-17)23-32-20-18(14-35-8-3-2-4-9-35)34-37(11-12-38-15-24(25,26)27)21(20)22(33-23)31-19-5-6-28-16-30-19;5-3(6,7)1(11)2(12)4(8,9)10/h5-6,16-17,29H,2-4,7-15H2,1H3,(H,28,30,31,32,33);/t17-;/m1./s1. The number of nitrogens with one attached hydrogen (secondary N) is 2. The summed E-state index contributed by atoms with van der Waals surface area (Å²) in [5, 5.41) is 11.5. The van der Waals surface area contributed by atoms with Crippen molar-refractivity contribution in [1.29, 1.82) is 0 Å². The summed E-state index contributed by atoms with van der Waals surface area (Å²) in [6.07, 6.45) is -9.40. The second-order valence-corrected chi connectivity index (χ2v) is 11.4. The molecular formula is C28H33F9N10O3. The van der Waals surface area contributed by atoms with Gasteiger partial charge in [0.25, 0.3) is 0 Å². The predicted molar refractivity (Wildman–Crippen MR) is 158 cm³/mol. The number of carbonyl (C=O) groups is 2. The third kappa shape index (κ3) is 10.9. The minimum Gasteiger partial charge on any atom is -0.370 e. The summed E-state index contributed by atoms with van der Waals surface area (Å²) < 4.78 is 111. The fourth-order valence-electron chi connectivity index (χ4n) is 5.15. The topological polar surface area (TPSA) is 143 Å². The van der Waals surface area contributed by atoms with E-state index in [0.717, 1.165) is 51.3 Å². The first kappa shape index (κ1) is 38.6. The number of hydrogen-bond donors (Lipinski definition) is 2. The summed E-state index contributed by atoms with van der Waals surface area (Å²) >= 11 is 0. The van der Waals surface area contributed by atoms with Crippen molar-refractivity contribution < 1.29 is 53.8 Å². The van der Waals surface area contributed by atoms with Crippen LogP contribution in [0.3, 0.4) is 0 Å². The number of aromatic nitrogens is 6. The van der Waals surface area contributed by atoms with Gasteiger partial charge in [-0.1, -0.05) is 6.42 Å². The van der Waals surface area contributed by atoms with Gasteiger partial charge in [0.1, 0.15) is 35.5 Å². The smallest absolute Gasteiger partial charge is 0.370 e. The van der Waals surface area contributed by atoms with Crippen molar-refractivity contribution in [1.82, 2.24) is 39.9 Å². The highest BCUT2D eigenvalue weighted by molar-refractivity contribution is 6.41. The number of carbonyl (C=O) groups excluding carboxylic acids is 2. The van der Waals surface area contributed by atoms with Gasteiger partial charge in [0, 0.05) is 38.4 Å². The van der Waals surface area contributed by atoms with E-state index in [1.54, 1.807) is 16.9 Å². The highest BCUT2D eigenvalue weighted by Gasteiger charge is 2.54. The number of likely N-dealkylation sites (tertiary alicyclic amines) is 1. The molecule has 2 aliphatic rings. The van der Waals surface area contributed by atoms with Gasteiger partial charge in [-0.2, -0.15) is 49.6 Å². The van der Waals surface area contributed by atoms with Crippen LogP contribution in [0.25, 0.3) is 11.0 Å². The maximum Gasteiger partial charge on any atom is 0.458 e. The molecule has 50 heavy (non-hydrogen) atoms. The number of piperidine rings is 1. The monoisotopic (exact) mass is 728 g/mol. The van der Waals surface area contributed by atoms with Crippen LogP contribution in [-0.4, -0.2) is 117 Å². The molecule has 2 aliphatic heterocycles. The molecule has 0 saturated carbocycles. The number of ketones is 2. The second-order valence-electron chi connectivity index (χ2n) is 11.4. The lowest BCUT2D eigenvalue weighted by molar-refractivity contribution is -0.193. The first-order chi connectivity index (χ1) is 23.4. The highest BCUT2D eigenvalue weighted by atomic mass is 19.4. The van der Waals surface area contributed by atoms with E-state index in [2.05, 4.69) is 37.3 Å². The summed E-state index contributed by atoms with van der Waals surface area (Å²) in [6, 6.07) is 2.00. The molecule has 5 rings (SSSR count). The maximum absolute atomic E-state index is 12.7. The molecule has 3 aromatic heterocycles. The fourth-order valence-corrected chi connectivity index (χ4v) is 5.15. The van der Waals surface area contributed by atoms with E-state index >= 15 is 0 Å². The lowest BCUT2D eigenvalue weighted by Crippen LogP contribution is -2.49. The van der Waals surface area contributed by atoms with Crippen molar-refractivity contribution >= 4 is 40.2 Å². The molecule has 0 radical (unpaired) electrons. The number of fused-ring (bicyclic) bond motifs is 1. The SMILES string of the molecule is C[C@@H]1CN(c2nc(Nc3ccncn3)c3c(n2)c(CN2CCCCC2)nn3CCOCC(F)(F)F)CCN1.O=C(C(=O)C(F)(F)F)C(F)(F)F. The Morgan fingerprint density at radius 1 is 0.980 bits per heavy atom. The summed E-state index contributed by atoms with van der Waals surface area (Å²) in [6.45, 7) is 5.66. The van der Waals surface area contributed by atoms with E-state index in [9.17, 15) is 49.1 Å². The number of alkyl halides is 9. The van der Waals surface area contributed by atoms with Gasteiger partial charge in [-0.05, 0) is 38.9 Å². The van der Waals surface area contributed by atoms with Crippen molar-refractivity contribution in [2.75, 3.05) is 56.2 Å². The third-order valence-corrected chi connectivity index (χ3v) is 7.38. The van der Waals surface area contributed by atoms with Gasteiger partial charge in [0.15, 0.2) is 5.82 Å². The first-order valence-corrected chi connectivity index (χ1v) is 15.3. The Morgan fingerprint density at radius 3 is 2.24 bits per heavy atom. The number of nitrogens with zero attached hydrogens (tertiary/aromatic N) is 8. The Balaban J connectivity index is 0.000000402. The largest absolute Gasteiger partial charge is 0.458 e. The zero-order valence-corrected chi connectivity index (χ0v) is 26.5. The van der Waals surface area contributed by atoms with Crippen LogP contribution in [0.4, 0.5) is 57.1 Å². The van der Waals surface area contributed by atoms with Crippen molar-refractivity contribution in [2.24, 2.45) is 0 Å². The van der Waals surface area contributed by atoms with Crippen LogP contribution < -0.4 is 15.5 Å². The van der Waals surface area contributed by atoms with E-state index in [4.69, 9.17) is 19.8 Å². The molecule has 0 amide bonds. The number of piperazine rings is 1. The Labute approximate surface area is 278 Å². The van der Waals surface area contributed by atoms with Gasteiger partial charge in [0.2, 0.25) is 5.95 Å². The van der Waals surface area contributed by atoms with Gasteiger partial charge < -0.3 is 20.3 Å². The molecule has 2 saturated heterocycles. The van der Waals surface area contributed by atoms with Crippen LogP contribution in [0.5, 0.6) is 0 Å². The second kappa shape index (κ2) is 16.2. The predicted octanol–water partition coefficient (Wildman–Crippen LogP) is 3.97. The van der Waals surface area contributed by atoms with Gasteiger partial charge in [-0.25, -0.2) is 15.0 Å². The average Bonchev–Trinajstić information content (AvgIpc) is 3.39. The van der Waals surface area contributed by atoms with Crippen molar-refractivity contribution in [2.45, 2.75) is 63.8 Å². The van der Waals surface area contributed by atoms with E-state index in [1.165, 1.54) is 12.7 Å². The van der Waals surface area contributed by atoms with E-state index in [1.807, 2.05) is 0 Å². The molecular weight excluding hydrogens is 695 g/mol. The van der Waals surface area contributed by atoms with E-state index in [0.29, 0.717) is 35.2 Å². The number of anilines is 3. The van der Waals surface area contributed by atoms with Crippen LogP contribution in [0.1, 0.15) is 31.9 Å². The molecule has 3 aromatic rings. The molecule has 0 aliphatic carbocycles. The van der Waals surface area contributed by atoms with Gasteiger partial charge in [0.05, 0.1) is 13.2 Å². The lowest BCUT2D eigenvalue weighted by atomic mass is 10.1. The first-order valence-electron chi connectivity index (χ1n) is 15.3. The number of rotatable bonds is 10. The van der Waals surface area contributed by atoms with Gasteiger partial charge in [-0.15, -0.1) is 0 Å². The number of ether oxygens (including phenoxy) is 1. The Kier molecular flexibility index (Phi) is 12.5. The van der Waals surface area contributed by atoms with E-state index in [-0.39, 0.29) is 19.2 Å². The van der Waals surface area contributed by atoms with Crippen molar-refractivity contribution in [3.8, 4) is 0 Å². The van der Waals surface area contributed by atoms with Crippen LogP contribution in [0.15, 0.2) is 18.6 Å². The lowest BCUT2D eigenvalue weighted by Gasteiger charge is -2.32. The van der Waals surface area contributed by atoms with Crippen LogP contribution in [-0.2, 0) is 27.4 Å². The number of hydrogen-bond acceptors (Lipinski definition) is 12. The maximum atomic E-state index is 12.7. The Morgan fingerprint density at radius 2 is 1.66 bits per heavy atom. The third-order valence-electron chi connectivity index (χ3n) is 7.38. The Hall–Kier alpha value is -4.18. The van der Waals surface area contributed by atoms with Crippen molar-refractivity contribution in [3.63, 3.8) is 0 Å². The highest BCUT2D eigenvalue weighted by Crippen LogP contribution is 2.30.